The molecule has 5 nitrogen and oxygen atoms in total. The summed E-state index contributed by atoms with van der Waals surface area (Å²) >= 11 is 0. The number of amides is 1. The molecule has 170 valence electrons. The summed E-state index contributed by atoms with van der Waals surface area (Å²) in [5.41, 5.74) is 0.734. The molecule has 2 atom stereocenters. The number of benzene rings is 2. The van der Waals surface area contributed by atoms with Gasteiger partial charge < -0.3 is 14.4 Å². The van der Waals surface area contributed by atoms with Gasteiger partial charge >= 0.3 is 6.18 Å². The van der Waals surface area contributed by atoms with Gasteiger partial charge in [0.05, 0.1) is 5.56 Å². The van der Waals surface area contributed by atoms with Gasteiger partial charge in [0.1, 0.15) is 0 Å². The van der Waals surface area contributed by atoms with Crippen LogP contribution in [-0.4, -0.2) is 41.6 Å². The van der Waals surface area contributed by atoms with E-state index in [2.05, 4.69) is 4.90 Å². The number of likely N-dealkylation sites (tertiary alicyclic amines) is 2. The van der Waals surface area contributed by atoms with E-state index in [0.717, 1.165) is 24.5 Å². The first kappa shape index (κ1) is 21.1. The number of nitrogens with zero attached hydrogens (tertiary/aromatic N) is 2. The molecule has 3 heterocycles. The molecule has 5 rings (SSSR count). The van der Waals surface area contributed by atoms with E-state index in [1.165, 1.54) is 6.07 Å². The summed E-state index contributed by atoms with van der Waals surface area (Å²) in [6, 6.07) is 11.6. The van der Waals surface area contributed by atoms with Crippen molar-refractivity contribution in [2.45, 2.75) is 44.6 Å². The van der Waals surface area contributed by atoms with Crippen LogP contribution < -0.4 is 9.47 Å². The lowest BCUT2D eigenvalue weighted by Gasteiger charge is -2.47. The van der Waals surface area contributed by atoms with Crippen LogP contribution in [0.4, 0.5) is 13.2 Å². The Bertz CT molecular complexity index is 1010. The van der Waals surface area contributed by atoms with Crippen molar-refractivity contribution in [2.75, 3.05) is 19.9 Å². The fraction of sp³-hybridized carbons (Fsp3) is 0.458. The Kier molecular flexibility index (Phi) is 5.49. The van der Waals surface area contributed by atoms with Crippen LogP contribution in [0, 0.1) is 5.92 Å². The van der Waals surface area contributed by atoms with Crippen LogP contribution in [0.5, 0.6) is 11.5 Å². The molecule has 2 saturated heterocycles. The molecule has 0 aromatic heterocycles. The Morgan fingerprint density at radius 1 is 1.00 bits per heavy atom. The minimum atomic E-state index is -4.35. The van der Waals surface area contributed by atoms with Crippen molar-refractivity contribution in [3.8, 4) is 11.5 Å². The Morgan fingerprint density at radius 2 is 1.81 bits per heavy atom. The van der Waals surface area contributed by atoms with Gasteiger partial charge in [-0.3, -0.25) is 9.69 Å². The van der Waals surface area contributed by atoms with E-state index in [1.54, 1.807) is 12.1 Å². The summed E-state index contributed by atoms with van der Waals surface area (Å²) in [6.45, 7) is 2.35. The van der Waals surface area contributed by atoms with E-state index in [0.29, 0.717) is 43.1 Å². The number of fused-ring (bicyclic) bond motifs is 2. The van der Waals surface area contributed by atoms with E-state index in [1.807, 2.05) is 23.1 Å². The molecule has 1 amide bonds. The maximum atomic E-state index is 13.4. The van der Waals surface area contributed by atoms with Gasteiger partial charge in [0, 0.05) is 38.6 Å². The second-order valence-corrected chi connectivity index (χ2v) is 8.75. The SMILES string of the molecule is O=C1CC[C@@H]2CN(Cc3ccccc3C(F)(F)F)CC[C@@H]2N1Cc1ccc2c(c1)OCO2. The average molecular weight is 446 g/mol. The molecule has 2 fully saturated rings. The molecule has 0 unspecified atom stereocenters. The predicted molar refractivity (Wildman–Crippen MR) is 111 cm³/mol. The Labute approximate surface area is 184 Å². The van der Waals surface area contributed by atoms with Crippen LogP contribution in [0.2, 0.25) is 0 Å². The third-order valence-electron chi connectivity index (χ3n) is 6.73. The molecule has 8 heteroatoms. The van der Waals surface area contributed by atoms with Gasteiger partial charge in [-0.05, 0) is 48.1 Å². The summed E-state index contributed by atoms with van der Waals surface area (Å²) in [4.78, 5) is 16.8. The largest absolute Gasteiger partial charge is 0.454 e. The van der Waals surface area contributed by atoms with Crippen LogP contribution >= 0.6 is 0 Å². The van der Waals surface area contributed by atoms with Crippen molar-refractivity contribution in [1.29, 1.82) is 0 Å². The lowest BCUT2D eigenvalue weighted by atomic mass is 9.83. The van der Waals surface area contributed by atoms with Crippen LogP contribution in [0.25, 0.3) is 0 Å². The third kappa shape index (κ3) is 4.16. The molecule has 0 radical (unpaired) electrons. The number of alkyl halides is 3. The number of piperidine rings is 2. The van der Waals surface area contributed by atoms with Gasteiger partial charge in [-0.2, -0.15) is 13.2 Å². The van der Waals surface area contributed by atoms with Crippen LogP contribution in [0.15, 0.2) is 42.5 Å². The number of ether oxygens (including phenoxy) is 2. The second kappa shape index (κ2) is 8.31. The Balaban J connectivity index is 1.28. The molecular formula is C24H25F3N2O3. The molecule has 0 N–H and O–H groups in total. The highest BCUT2D eigenvalue weighted by atomic mass is 19.4. The van der Waals surface area contributed by atoms with E-state index in [9.17, 15) is 18.0 Å². The number of halogens is 3. The van der Waals surface area contributed by atoms with Crippen LogP contribution in [0.1, 0.15) is 36.0 Å². The van der Waals surface area contributed by atoms with Crippen molar-refractivity contribution < 1.29 is 27.4 Å². The van der Waals surface area contributed by atoms with Crippen molar-refractivity contribution in [3.05, 3.63) is 59.2 Å². The lowest BCUT2D eigenvalue weighted by molar-refractivity contribution is -0.143. The van der Waals surface area contributed by atoms with Crippen molar-refractivity contribution in [3.63, 3.8) is 0 Å². The van der Waals surface area contributed by atoms with E-state index >= 15 is 0 Å². The number of rotatable bonds is 4. The van der Waals surface area contributed by atoms with E-state index < -0.39 is 11.7 Å². The highest BCUT2D eigenvalue weighted by Crippen LogP contribution is 2.37. The quantitative estimate of drug-likeness (QED) is 0.696. The molecule has 32 heavy (non-hydrogen) atoms. The van der Waals surface area contributed by atoms with Gasteiger partial charge in [0.25, 0.3) is 0 Å². The molecule has 2 aromatic rings. The first-order valence-electron chi connectivity index (χ1n) is 10.9. The molecule has 0 aliphatic carbocycles. The molecule has 2 aromatic carbocycles. The predicted octanol–water partition coefficient (Wildman–Crippen LogP) is 4.45. The smallest absolute Gasteiger partial charge is 0.416 e. The molecule has 3 aliphatic heterocycles. The maximum Gasteiger partial charge on any atom is 0.416 e. The van der Waals surface area contributed by atoms with Gasteiger partial charge in [-0.15, -0.1) is 0 Å². The highest BCUT2D eigenvalue weighted by Gasteiger charge is 2.40. The average Bonchev–Trinajstić information content (AvgIpc) is 3.23. The molecule has 0 saturated carbocycles. The Hall–Kier alpha value is -2.74. The zero-order valence-corrected chi connectivity index (χ0v) is 17.6. The first-order chi connectivity index (χ1) is 15.4. The summed E-state index contributed by atoms with van der Waals surface area (Å²) in [7, 11) is 0. The number of carbonyl (C=O) groups excluding carboxylic acids is 1. The third-order valence-corrected chi connectivity index (χ3v) is 6.73. The fourth-order valence-corrected chi connectivity index (χ4v) is 5.19. The molecular weight excluding hydrogens is 421 g/mol. The zero-order chi connectivity index (χ0) is 22.3. The zero-order valence-electron chi connectivity index (χ0n) is 17.6. The van der Waals surface area contributed by atoms with E-state index in [4.69, 9.17) is 9.47 Å². The lowest BCUT2D eigenvalue weighted by Crippen LogP contribution is -2.55. The highest BCUT2D eigenvalue weighted by molar-refractivity contribution is 5.77. The monoisotopic (exact) mass is 446 g/mol. The maximum absolute atomic E-state index is 13.4. The second-order valence-electron chi connectivity index (χ2n) is 8.75. The summed E-state index contributed by atoms with van der Waals surface area (Å²) < 4.78 is 50.9. The summed E-state index contributed by atoms with van der Waals surface area (Å²) in [5.74, 6) is 1.80. The van der Waals surface area contributed by atoms with Gasteiger partial charge in [0.2, 0.25) is 12.7 Å². The van der Waals surface area contributed by atoms with Gasteiger partial charge in [-0.25, -0.2) is 0 Å². The summed E-state index contributed by atoms with van der Waals surface area (Å²) in [6.07, 6.45) is -2.35. The van der Waals surface area contributed by atoms with Crippen molar-refractivity contribution >= 4 is 5.91 Å². The standard InChI is InChI=1S/C24H25F3N2O3/c25-24(26,27)19-4-2-1-3-17(19)13-28-10-9-20-18(14-28)6-8-23(30)29(20)12-16-5-7-21-22(11-16)32-15-31-21/h1-5,7,11,18,20H,6,8-10,12-15H2/t18-,20+/m1/s1. The van der Waals surface area contributed by atoms with Crippen molar-refractivity contribution in [1.82, 2.24) is 9.80 Å². The number of hydrogen-bond donors (Lipinski definition) is 0. The topological polar surface area (TPSA) is 42.0 Å². The minimum absolute atomic E-state index is 0.107. The Morgan fingerprint density at radius 3 is 2.66 bits per heavy atom. The fourth-order valence-electron chi connectivity index (χ4n) is 5.19. The van der Waals surface area contributed by atoms with Crippen LogP contribution in [-0.2, 0) is 24.1 Å². The van der Waals surface area contributed by atoms with E-state index in [-0.39, 0.29) is 31.2 Å². The van der Waals surface area contributed by atoms with Crippen LogP contribution in [0.3, 0.4) is 0 Å². The molecule has 0 spiro atoms. The minimum Gasteiger partial charge on any atom is -0.454 e. The number of hydrogen-bond acceptors (Lipinski definition) is 4. The number of carbonyl (C=O) groups is 1. The molecule has 3 aliphatic rings. The molecule has 0 bridgehead atoms. The first-order valence-corrected chi connectivity index (χ1v) is 10.9. The normalized spacial score (nSPS) is 23.3. The van der Waals surface area contributed by atoms with Gasteiger partial charge in [0.15, 0.2) is 11.5 Å². The van der Waals surface area contributed by atoms with Crippen molar-refractivity contribution in [2.24, 2.45) is 5.92 Å². The summed E-state index contributed by atoms with van der Waals surface area (Å²) in [5, 5.41) is 0. The van der Waals surface area contributed by atoms with Gasteiger partial charge in [-0.1, -0.05) is 24.3 Å².